The van der Waals surface area contributed by atoms with E-state index >= 15 is 0 Å². The van der Waals surface area contributed by atoms with Crippen molar-refractivity contribution < 1.29 is 42.5 Å². The fourth-order valence-electron chi connectivity index (χ4n) is 1.55. The quantitative estimate of drug-likeness (QED) is 0.529. The van der Waals surface area contributed by atoms with Crippen molar-refractivity contribution in [2.24, 2.45) is 0 Å². The average molecular weight is 281 g/mol. The maximum atomic E-state index is 10.8. The molecule has 0 fully saturated rings. The molecule has 0 aliphatic carbocycles. The van der Waals surface area contributed by atoms with Gasteiger partial charge < -0.3 is 4.55 Å². The molecule has 0 unspecified atom stereocenters. The van der Waals surface area contributed by atoms with Gasteiger partial charge in [0.2, 0.25) is 0 Å². The molecule has 0 atom stereocenters. The molecule has 2 aromatic carbocycles. The van der Waals surface area contributed by atoms with Crippen LogP contribution in [0.3, 0.4) is 0 Å². The van der Waals surface area contributed by atoms with Gasteiger partial charge in [-0.1, -0.05) is 24.3 Å². The second-order valence-corrected chi connectivity index (χ2v) is 5.05. The first-order chi connectivity index (χ1) is 8.50. The predicted molar refractivity (Wildman–Crippen MR) is 64.6 cm³/mol. The van der Waals surface area contributed by atoms with Crippen LogP contribution >= 0.6 is 0 Å². The molecule has 0 aromatic heterocycles. The SMILES string of the molecule is N#Cc1ccc(-c2ccc(S(=O)(=O)[O-])cc2)cc1.[Na+]. The van der Waals surface area contributed by atoms with Crippen molar-refractivity contribution in [3.05, 3.63) is 54.1 Å². The van der Waals surface area contributed by atoms with E-state index in [0.717, 1.165) is 11.1 Å². The van der Waals surface area contributed by atoms with Crippen LogP contribution in [-0.4, -0.2) is 13.0 Å². The Kier molecular flexibility index (Phi) is 5.29. The first-order valence-corrected chi connectivity index (χ1v) is 6.48. The van der Waals surface area contributed by atoms with E-state index in [9.17, 15) is 13.0 Å². The van der Waals surface area contributed by atoms with E-state index in [4.69, 9.17) is 5.26 Å². The Hall–Kier alpha value is -1.16. The second-order valence-electron chi connectivity index (χ2n) is 3.67. The average Bonchev–Trinajstić information content (AvgIpc) is 2.38. The summed E-state index contributed by atoms with van der Waals surface area (Å²) in [5.74, 6) is 0. The topological polar surface area (TPSA) is 81.0 Å². The summed E-state index contributed by atoms with van der Waals surface area (Å²) in [6, 6.07) is 14.6. The Balaban J connectivity index is 0.00000180. The molecule has 0 radical (unpaired) electrons. The Morgan fingerprint density at radius 2 is 1.32 bits per heavy atom. The van der Waals surface area contributed by atoms with Crippen LogP contribution in [0.4, 0.5) is 0 Å². The first-order valence-electron chi connectivity index (χ1n) is 5.07. The van der Waals surface area contributed by atoms with Crippen LogP contribution in [0.2, 0.25) is 0 Å². The standard InChI is InChI=1S/C13H9NO3S.Na/c14-9-10-1-3-11(4-2-10)12-5-7-13(8-6-12)18(15,16)17;/h1-8H,(H,15,16,17);/q;+1/p-1. The van der Waals surface area contributed by atoms with Gasteiger partial charge in [0.15, 0.2) is 0 Å². The van der Waals surface area contributed by atoms with Crippen molar-refractivity contribution in [3.8, 4) is 17.2 Å². The summed E-state index contributed by atoms with van der Waals surface area (Å²) in [5.41, 5.74) is 2.19. The maximum absolute atomic E-state index is 10.8. The molecule has 0 bridgehead atoms. The van der Waals surface area contributed by atoms with Crippen LogP contribution in [0, 0.1) is 11.3 Å². The molecule has 2 aromatic rings. The molecule has 0 aliphatic heterocycles. The van der Waals surface area contributed by atoms with Crippen LogP contribution in [-0.2, 0) is 10.1 Å². The first kappa shape index (κ1) is 15.9. The van der Waals surface area contributed by atoms with Gasteiger partial charge in [-0.05, 0) is 35.4 Å². The van der Waals surface area contributed by atoms with Gasteiger partial charge in [-0.2, -0.15) is 5.26 Å². The van der Waals surface area contributed by atoms with Gasteiger partial charge in [-0.3, -0.25) is 0 Å². The Morgan fingerprint density at radius 3 is 1.68 bits per heavy atom. The molecule has 0 saturated carbocycles. The monoisotopic (exact) mass is 281 g/mol. The zero-order valence-corrected chi connectivity index (χ0v) is 13.0. The zero-order chi connectivity index (χ0) is 13.2. The number of nitriles is 1. The van der Waals surface area contributed by atoms with Crippen molar-refractivity contribution in [3.63, 3.8) is 0 Å². The molecule has 0 amide bonds. The summed E-state index contributed by atoms with van der Waals surface area (Å²) < 4.78 is 32.3. The van der Waals surface area contributed by atoms with Gasteiger partial charge in [0.1, 0.15) is 10.1 Å². The number of nitrogens with zero attached hydrogens (tertiary/aromatic N) is 1. The second kappa shape index (κ2) is 6.33. The van der Waals surface area contributed by atoms with Crippen LogP contribution in [0.25, 0.3) is 11.1 Å². The summed E-state index contributed by atoms with van der Waals surface area (Å²) in [5, 5.41) is 8.67. The van der Waals surface area contributed by atoms with Gasteiger partial charge >= 0.3 is 29.6 Å². The predicted octanol–water partition coefficient (Wildman–Crippen LogP) is -0.867. The number of hydrogen-bond acceptors (Lipinski definition) is 4. The Bertz CT molecular complexity index is 701. The van der Waals surface area contributed by atoms with Crippen molar-refractivity contribution in [1.82, 2.24) is 0 Å². The van der Waals surface area contributed by atoms with E-state index in [1.807, 2.05) is 6.07 Å². The summed E-state index contributed by atoms with van der Waals surface area (Å²) in [6.45, 7) is 0. The Labute approximate surface area is 133 Å². The summed E-state index contributed by atoms with van der Waals surface area (Å²) in [7, 11) is -4.41. The van der Waals surface area contributed by atoms with E-state index in [1.165, 1.54) is 12.1 Å². The molecule has 0 N–H and O–H groups in total. The minimum Gasteiger partial charge on any atom is -0.744 e. The number of hydrogen-bond donors (Lipinski definition) is 0. The fraction of sp³-hybridized carbons (Fsp3) is 0. The molecule has 0 aliphatic rings. The minimum absolute atomic E-state index is 0. The Morgan fingerprint density at radius 1 is 0.895 bits per heavy atom. The third-order valence-electron chi connectivity index (χ3n) is 2.49. The summed E-state index contributed by atoms with van der Waals surface area (Å²) in [4.78, 5) is -0.250. The smallest absolute Gasteiger partial charge is 0.744 e. The summed E-state index contributed by atoms with van der Waals surface area (Å²) >= 11 is 0. The summed E-state index contributed by atoms with van der Waals surface area (Å²) in [6.07, 6.45) is 0. The molecule has 0 heterocycles. The minimum atomic E-state index is -4.41. The van der Waals surface area contributed by atoms with Crippen molar-refractivity contribution in [1.29, 1.82) is 5.26 Å². The number of rotatable bonds is 2. The van der Waals surface area contributed by atoms with Gasteiger partial charge in [-0.25, -0.2) is 8.42 Å². The third-order valence-corrected chi connectivity index (χ3v) is 3.34. The zero-order valence-electron chi connectivity index (χ0n) is 10.2. The van der Waals surface area contributed by atoms with E-state index in [0.29, 0.717) is 5.56 Å². The van der Waals surface area contributed by atoms with Gasteiger partial charge in [0.25, 0.3) is 0 Å². The largest absolute Gasteiger partial charge is 1.00 e. The van der Waals surface area contributed by atoms with Gasteiger partial charge in [0, 0.05) is 0 Å². The van der Waals surface area contributed by atoms with Crippen LogP contribution in [0.1, 0.15) is 5.56 Å². The fourth-order valence-corrected chi connectivity index (χ4v) is 2.02. The van der Waals surface area contributed by atoms with E-state index in [2.05, 4.69) is 0 Å². The molecule has 90 valence electrons. The molecule has 6 heteroatoms. The third kappa shape index (κ3) is 3.90. The van der Waals surface area contributed by atoms with Gasteiger partial charge in [-0.15, -0.1) is 0 Å². The van der Waals surface area contributed by atoms with Crippen molar-refractivity contribution in [2.75, 3.05) is 0 Å². The van der Waals surface area contributed by atoms with Crippen molar-refractivity contribution in [2.45, 2.75) is 4.90 Å². The molecular formula is C13H8NNaO3S. The normalized spacial score (nSPS) is 10.3. The molecular weight excluding hydrogens is 273 g/mol. The molecule has 4 nitrogen and oxygen atoms in total. The maximum Gasteiger partial charge on any atom is 1.00 e. The van der Waals surface area contributed by atoms with E-state index in [1.54, 1.807) is 36.4 Å². The molecule has 2 rings (SSSR count). The van der Waals surface area contributed by atoms with Crippen LogP contribution in [0.5, 0.6) is 0 Å². The molecule has 0 saturated heterocycles. The number of benzene rings is 2. The van der Waals surface area contributed by atoms with E-state index in [-0.39, 0.29) is 34.5 Å². The van der Waals surface area contributed by atoms with Gasteiger partial charge in [0.05, 0.1) is 16.5 Å². The van der Waals surface area contributed by atoms with E-state index < -0.39 is 10.1 Å². The van der Waals surface area contributed by atoms with Crippen LogP contribution < -0.4 is 29.6 Å². The molecule has 19 heavy (non-hydrogen) atoms. The van der Waals surface area contributed by atoms with Crippen molar-refractivity contribution >= 4 is 10.1 Å². The molecule has 0 spiro atoms. The van der Waals surface area contributed by atoms with Crippen LogP contribution in [0.15, 0.2) is 53.4 Å².